The zero-order valence-electron chi connectivity index (χ0n) is 12.8. The van der Waals surface area contributed by atoms with Crippen molar-refractivity contribution in [3.63, 3.8) is 0 Å². The van der Waals surface area contributed by atoms with Crippen molar-refractivity contribution in [2.75, 3.05) is 62.2 Å². The van der Waals surface area contributed by atoms with Crippen molar-refractivity contribution in [1.82, 2.24) is 9.62 Å². The molecule has 4 nitrogen and oxygen atoms in total. The van der Waals surface area contributed by atoms with Crippen molar-refractivity contribution in [2.24, 2.45) is 0 Å². The summed E-state index contributed by atoms with van der Waals surface area (Å²) in [5.41, 5.74) is 2.74. The van der Waals surface area contributed by atoms with Crippen molar-refractivity contribution in [3.05, 3.63) is 24.3 Å². The second-order valence-electron chi connectivity index (χ2n) is 6.10. The molecule has 0 saturated carbocycles. The summed E-state index contributed by atoms with van der Waals surface area (Å²) in [6, 6.07) is 9.16. The van der Waals surface area contributed by atoms with Crippen LogP contribution in [0.15, 0.2) is 24.3 Å². The maximum atomic E-state index is 2.49. The predicted octanol–water partition coefficient (Wildman–Crippen LogP) is -0.973. The number of rotatable bonds is 2. The first kappa shape index (κ1) is 13.8. The Bertz CT molecular complexity index is 382. The van der Waals surface area contributed by atoms with Crippen LogP contribution in [0.4, 0.5) is 11.4 Å². The van der Waals surface area contributed by atoms with E-state index in [0.717, 1.165) is 26.2 Å². The Balaban J connectivity index is 1.62. The molecule has 0 aliphatic carbocycles. The molecule has 1 aromatic carbocycles. The van der Waals surface area contributed by atoms with E-state index in [1.165, 1.54) is 37.6 Å². The minimum Gasteiger partial charge on any atom is -0.369 e. The summed E-state index contributed by atoms with van der Waals surface area (Å²) < 4.78 is 0. The molecular weight excluding hydrogens is 246 g/mol. The molecule has 2 heterocycles. The van der Waals surface area contributed by atoms with Crippen LogP contribution in [0.2, 0.25) is 0 Å². The summed E-state index contributed by atoms with van der Waals surface area (Å²) in [5, 5.41) is 0. The molecule has 2 aliphatic heterocycles. The van der Waals surface area contributed by atoms with Gasteiger partial charge >= 0.3 is 0 Å². The summed E-state index contributed by atoms with van der Waals surface area (Å²) in [7, 11) is 4.40. The Labute approximate surface area is 124 Å². The predicted molar refractivity (Wildman–Crippen MR) is 91.1 cm³/mol. The highest BCUT2D eigenvalue weighted by atomic mass is 15.2. The summed E-state index contributed by atoms with van der Waals surface area (Å²) in [5.74, 6) is 0. The van der Waals surface area contributed by atoms with Crippen LogP contribution in [0.3, 0.4) is 0 Å². The van der Waals surface area contributed by atoms with Crippen LogP contribution in [0.5, 0.6) is 0 Å². The number of nitrogens with zero attached hydrogens (tertiary/aromatic N) is 4. The molecule has 2 saturated heterocycles. The molecule has 0 amide bonds. The lowest BCUT2D eigenvalue weighted by atomic mass is 10.1. The van der Waals surface area contributed by atoms with Gasteiger partial charge in [0.2, 0.25) is 0 Å². The zero-order chi connectivity index (χ0) is 13.9. The van der Waals surface area contributed by atoms with Gasteiger partial charge in [-0.2, -0.15) is 0 Å². The van der Waals surface area contributed by atoms with E-state index in [0.29, 0.717) is 0 Å². The van der Waals surface area contributed by atoms with Gasteiger partial charge in [0.05, 0.1) is 0 Å². The normalized spacial score (nSPS) is 22.2. The molecule has 0 aromatic heterocycles. The lowest BCUT2D eigenvalue weighted by molar-refractivity contribution is 0.414. The highest BCUT2D eigenvalue weighted by Gasteiger charge is 2.16. The molecule has 1 aromatic rings. The van der Waals surface area contributed by atoms with E-state index in [1.807, 2.05) is 0 Å². The molecule has 3 rings (SSSR count). The highest BCUT2D eigenvalue weighted by Crippen LogP contribution is 2.22. The number of benzene rings is 1. The first-order valence-electron chi connectivity index (χ1n) is 7.69. The number of piperazine rings is 2. The van der Waals surface area contributed by atoms with Gasteiger partial charge in [-0.05, 0) is 24.3 Å². The average Bonchev–Trinajstić information content (AvgIpc) is 2.49. The highest BCUT2D eigenvalue weighted by molar-refractivity contribution is 6.04. The SMILES string of the molecule is BN1CCN(c2ccc(N3CCN(B)CC3)cc2)CC1. The van der Waals surface area contributed by atoms with E-state index in [9.17, 15) is 0 Å². The molecule has 20 heavy (non-hydrogen) atoms. The fraction of sp³-hybridized carbons (Fsp3) is 0.571. The molecule has 0 unspecified atom stereocenters. The fourth-order valence-electron chi connectivity index (χ4n) is 3.00. The quantitative estimate of drug-likeness (QED) is 0.641. The van der Waals surface area contributed by atoms with Crippen LogP contribution in [0.25, 0.3) is 0 Å². The maximum Gasteiger partial charge on any atom is 0.185 e. The molecule has 0 spiro atoms. The lowest BCUT2D eigenvalue weighted by Gasteiger charge is -2.36. The average molecular weight is 270 g/mol. The van der Waals surface area contributed by atoms with Gasteiger partial charge in [0.1, 0.15) is 0 Å². The standard InChI is InChI=1S/C14H24B2N4/c15-19-9-5-17(6-10-19)13-1-2-14(4-3-13)18-7-11-20(16)12-8-18/h1-4H,5-12,15-16H2. The van der Waals surface area contributed by atoms with Gasteiger partial charge in [0.25, 0.3) is 0 Å². The second-order valence-corrected chi connectivity index (χ2v) is 6.10. The van der Waals surface area contributed by atoms with E-state index in [4.69, 9.17) is 0 Å². The van der Waals surface area contributed by atoms with Crippen molar-refractivity contribution < 1.29 is 0 Å². The van der Waals surface area contributed by atoms with Crippen LogP contribution in [0.1, 0.15) is 0 Å². The summed E-state index contributed by atoms with van der Waals surface area (Å²) in [6.45, 7) is 9.24. The van der Waals surface area contributed by atoms with Crippen LogP contribution in [0, 0.1) is 0 Å². The molecule has 106 valence electrons. The van der Waals surface area contributed by atoms with Gasteiger partial charge in [-0.1, -0.05) is 0 Å². The number of anilines is 2. The van der Waals surface area contributed by atoms with E-state index in [2.05, 4.69) is 59.6 Å². The topological polar surface area (TPSA) is 13.0 Å². The van der Waals surface area contributed by atoms with Crippen molar-refractivity contribution in [1.29, 1.82) is 0 Å². The van der Waals surface area contributed by atoms with Crippen LogP contribution in [-0.4, -0.2) is 77.9 Å². The molecule has 2 aliphatic rings. The van der Waals surface area contributed by atoms with Gasteiger partial charge in [-0.3, -0.25) is 0 Å². The van der Waals surface area contributed by atoms with E-state index < -0.39 is 0 Å². The van der Waals surface area contributed by atoms with Crippen molar-refractivity contribution in [2.45, 2.75) is 0 Å². The molecule has 0 radical (unpaired) electrons. The Hall–Kier alpha value is -1.13. The van der Waals surface area contributed by atoms with Gasteiger partial charge in [-0.15, -0.1) is 0 Å². The molecule has 2 fully saturated rings. The summed E-state index contributed by atoms with van der Waals surface area (Å²) in [4.78, 5) is 9.78. The van der Waals surface area contributed by atoms with Crippen LogP contribution < -0.4 is 9.80 Å². The minimum atomic E-state index is 1.14. The zero-order valence-corrected chi connectivity index (χ0v) is 12.8. The largest absolute Gasteiger partial charge is 0.369 e. The molecule has 0 bridgehead atoms. The summed E-state index contributed by atoms with van der Waals surface area (Å²) in [6.07, 6.45) is 0. The van der Waals surface area contributed by atoms with E-state index in [-0.39, 0.29) is 0 Å². The van der Waals surface area contributed by atoms with E-state index in [1.54, 1.807) is 0 Å². The monoisotopic (exact) mass is 270 g/mol. The Kier molecular flexibility index (Phi) is 4.22. The molecular formula is C14H24B2N4. The van der Waals surface area contributed by atoms with Crippen LogP contribution >= 0.6 is 0 Å². The minimum absolute atomic E-state index is 1.14. The molecule has 0 atom stereocenters. The Morgan fingerprint density at radius 2 is 0.850 bits per heavy atom. The number of hydrogen-bond acceptors (Lipinski definition) is 4. The third-order valence-corrected chi connectivity index (χ3v) is 4.59. The maximum absolute atomic E-state index is 2.49. The Morgan fingerprint density at radius 3 is 1.15 bits per heavy atom. The van der Waals surface area contributed by atoms with Crippen molar-refractivity contribution >= 4 is 27.3 Å². The number of hydrogen-bond donors (Lipinski definition) is 0. The molecule has 0 N–H and O–H groups in total. The van der Waals surface area contributed by atoms with Gasteiger partial charge in [0.15, 0.2) is 16.0 Å². The Morgan fingerprint density at radius 1 is 0.550 bits per heavy atom. The smallest absolute Gasteiger partial charge is 0.185 e. The lowest BCUT2D eigenvalue weighted by Crippen LogP contribution is -2.45. The van der Waals surface area contributed by atoms with Crippen LogP contribution in [-0.2, 0) is 0 Å². The third kappa shape index (κ3) is 3.13. The first-order chi connectivity index (χ1) is 9.72. The van der Waals surface area contributed by atoms with E-state index >= 15 is 0 Å². The van der Waals surface area contributed by atoms with Gasteiger partial charge < -0.3 is 19.4 Å². The van der Waals surface area contributed by atoms with Gasteiger partial charge in [0, 0.05) is 63.7 Å². The summed E-state index contributed by atoms with van der Waals surface area (Å²) >= 11 is 0. The van der Waals surface area contributed by atoms with Crippen molar-refractivity contribution in [3.8, 4) is 0 Å². The fourth-order valence-corrected chi connectivity index (χ4v) is 3.00. The first-order valence-corrected chi connectivity index (χ1v) is 7.69. The third-order valence-electron chi connectivity index (χ3n) is 4.59. The molecule has 6 heteroatoms. The van der Waals surface area contributed by atoms with Gasteiger partial charge in [-0.25, -0.2) is 0 Å². The second kappa shape index (κ2) is 6.10.